The van der Waals surface area contributed by atoms with E-state index in [1.165, 1.54) is 33.1 Å². The maximum Gasteiger partial charge on any atom is 0.171 e. The first-order chi connectivity index (χ1) is 22.1. The van der Waals surface area contributed by atoms with Crippen LogP contribution in [0, 0.1) is 0 Å². The summed E-state index contributed by atoms with van der Waals surface area (Å²) in [7, 11) is 4.08. The number of anilines is 1. The van der Waals surface area contributed by atoms with Gasteiger partial charge in [-0.05, 0) is 23.3 Å². The second-order valence-corrected chi connectivity index (χ2v) is 11.4. The molecular weight excluding hydrogens is 547 g/mol. The Hall–Kier alpha value is -5.19. The van der Waals surface area contributed by atoms with E-state index in [-0.39, 0.29) is 6.61 Å². The number of hydrogen-bond acceptors (Lipinski definition) is 2. The number of pyridine rings is 1. The van der Waals surface area contributed by atoms with Gasteiger partial charge in [0, 0.05) is 31.9 Å². The Labute approximate surface area is 268 Å². The second kappa shape index (κ2) is 15.5. The van der Waals surface area contributed by atoms with Crippen molar-refractivity contribution in [2.24, 2.45) is 0 Å². The van der Waals surface area contributed by atoms with E-state index in [9.17, 15) is 0 Å². The van der Waals surface area contributed by atoms with Crippen LogP contribution in [0.1, 0.15) is 11.1 Å². The molecule has 4 heteroatoms. The molecule has 0 aliphatic carbocycles. The summed E-state index contributed by atoms with van der Waals surface area (Å²) in [6, 6.07) is 56.1. The molecule has 1 heterocycles. The van der Waals surface area contributed by atoms with Gasteiger partial charge >= 0.3 is 0 Å². The summed E-state index contributed by atoms with van der Waals surface area (Å²) in [5.41, 5.74) is 8.89. The molecule has 1 N–H and O–H groups in total. The van der Waals surface area contributed by atoms with Gasteiger partial charge in [-0.1, -0.05) is 146 Å². The Morgan fingerprint density at radius 1 is 0.511 bits per heavy atom. The van der Waals surface area contributed by atoms with E-state index < -0.39 is 6.15 Å². The maximum atomic E-state index is 8.86. The highest BCUT2D eigenvalue weighted by Crippen LogP contribution is 2.14. The molecule has 0 spiro atoms. The van der Waals surface area contributed by atoms with Crippen LogP contribution in [0.25, 0.3) is 12.2 Å². The summed E-state index contributed by atoms with van der Waals surface area (Å²) in [6.45, 7) is 0.800. The highest BCUT2D eigenvalue weighted by Gasteiger charge is 2.31. The topological polar surface area (TPSA) is 27.4 Å². The standard InChI is InChI=1S/C24H20B.C17H21N2O/c1-5-13-21(14-6-1)25(22-15-7-2-8-16-22,23-17-9-3-10-18-23)24-19-11-4-12-20-24;1-18(2)17-7-5-15(6-8-17)3-4-16-9-11-19(12-10-16)13-14-20/h1-20H;3-12,20H,13-14H2,1-2H3/q-1;+1. The largest absolute Gasteiger partial charge is 0.390 e. The summed E-state index contributed by atoms with van der Waals surface area (Å²) >= 11 is 0. The van der Waals surface area contributed by atoms with Gasteiger partial charge < -0.3 is 10.0 Å². The van der Waals surface area contributed by atoms with Crippen LogP contribution in [0.5, 0.6) is 0 Å². The minimum atomic E-state index is -1.22. The lowest BCUT2D eigenvalue weighted by Crippen LogP contribution is -2.74. The van der Waals surface area contributed by atoms with Crippen molar-refractivity contribution in [2.75, 3.05) is 25.6 Å². The Morgan fingerprint density at radius 2 is 0.867 bits per heavy atom. The van der Waals surface area contributed by atoms with Crippen LogP contribution >= 0.6 is 0 Å². The molecule has 0 unspecified atom stereocenters. The van der Waals surface area contributed by atoms with Gasteiger partial charge in [-0.15, -0.1) is 0 Å². The summed E-state index contributed by atoms with van der Waals surface area (Å²) in [5, 5.41) is 8.86. The van der Waals surface area contributed by atoms with Gasteiger partial charge in [0.1, 0.15) is 12.8 Å². The molecule has 6 rings (SSSR count). The van der Waals surface area contributed by atoms with Gasteiger partial charge in [0.2, 0.25) is 0 Å². The van der Waals surface area contributed by atoms with Crippen LogP contribution < -0.4 is 31.3 Å². The predicted octanol–water partition coefficient (Wildman–Crippen LogP) is 5.27. The van der Waals surface area contributed by atoms with Gasteiger partial charge in [0.05, 0.1) is 0 Å². The first-order valence-electron chi connectivity index (χ1n) is 15.5. The molecule has 224 valence electrons. The fraction of sp³-hybridized carbons (Fsp3) is 0.0976. The van der Waals surface area contributed by atoms with Crippen molar-refractivity contribution in [1.82, 2.24) is 0 Å². The molecule has 0 saturated heterocycles. The van der Waals surface area contributed by atoms with Crippen molar-refractivity contribution in [3.63, 3.8) is 0 Å². The third-order valence-corrected chi connectivity index (χ3v) is 8.35. The van der Waals surface area contributed by atoms with E-state index in [0.717, 1.165) is 5.56 Å². The normalized spacial score (nSPS) is 11.1. The van der Waals surface area contributed by atoms with Gasteiger partial charge in [-0.3, -0.25) is 0 Å². The number of aromatic nitrogens is 1. The summed E-state index contributed by atoms with van der Waals surface area (Å²) in [6.07, 6.45) is 6.93. The molecule has 45 heavy (non-hydrogen) atoms. The van der Waals surface area contributed by atoms with E-state index in [1.807, 2.05) is 43.2 Å². The van der Waals surface area contributed by atoms with Gasteiger partial charge in [-0.2, -0.15) is 21.9 Å². The number of hydrogen-bond donors (Lipinski definition) is 1. The maximum absolute atomic E-state index is 8.86. The summed E-state index contributed by atoms with van der Waals surface area (Å²) in [4.78, 5) is 2.09. The quantitative estimate of drug-likeness (QED) is 0.184. The minimum Gasteiger partial charge on any atom is -0.390 e. The lowest BCUT2D eigenvalue weighted by atomic mass is 9.13. The zero-order chi connectivity index (χ0) is 31.3. The molecule has 5 aromatic carbocycles. The van der Waals surface area contributed by atoms with E-state index in [1.54, 1.807) is 0 Å². The fourth-order valence-electron chi connectivity index (χ4n) is 6.04. The Kier molecular flexibility index (Phi) is 10.8. The van der Waals surface area contributed by atoms with Gasteiger partial charge in [-0.25, -0.2) is 4.57 Å². The van der Waals surface area contributed by atoms with Crippen molar-refractivity contribution in [1.29, 1.82) is 0 Å². The van der Waals surface area contributed by atoms with Gasteiger partial charge in [0.25, 0.3) is 0 Å². The van der Waals surface area contributed by atoms with E-state index >= 15 is 0 Å². The number of aliphatic hydroxyl groups is 1. The molecule has 6 aromatic rings. The molecule has 0 bridgehead atoms. The second-order valence-electron chi connectivity index (χ2n) is 11.4. The third kappa shape index (κ3) is 7.67. The average Bonchev–Trinajstić information content (AvgIpc) is 3.11. The highest BCUT2D eigenvalue weighted by atomic mass is 16.3. The Morgan fingerprint density at radius 3 is 1.20 bits per heavy atom. The van der Waals surface area contributed by atoms with Crippen molar-refractivity contribution in [2.45, 2.75) is 6.54 Å². The van der Waals surface area contributed by atoms with Crippen LogP contribution in [-0.4, -0.2) is 32.0 Å². The molecule has 0 fully saturated rings. The Balaban J connectivity index is 0.000000183. The van der Waals surface area contributed by atoms with Crippen molar-refractivity contribution < 1.29 is 9.67 Å². The monoisotopic (exact) mass is 588 g/mol. The van der Waals surface area contributed by atoms with Crippen molar-refractivity contribution >= 4 is 45.8 Å². The Bertz CT molecular complexity index is 1570. The fourth-order valence-corrected chi connectivity index (χ4v) is 6.04. The molecule has 1 aromatic heterocycles. The first-order valence-corrected chi connectivity index (χ1v) is 15.5. The minimum absolute atomic E-state index is 0.165. The van der Waals surface area contributed by atoms with Gasteiger partial charge in [0.15, 0.2) is 18.9 Å². The first kappa shape index (κ1) is 31.2. The van der Waals surface area contributed by atoms with Crippen LogP contribution in [0.4, 0.5) is 5.69 Å². The predicted molar refractivity (Wildman–Crippen MR) is 193 cm³/mol. The molecular formula is C41H41BN2O. The third-order valence-electron chi connectivity index (χ3n) is 8.35. The lowest BCUT2D eigenvalue weighted by molar-refractivity contribution is -0.698. The zero-order valence-electron chi connectivity index (χ0n) is 26.2. The zero-order valence-corrected chi connectivity index (χ0v) is 26.2. The number of rotatable bonds is 9. The smallest absolute Gasteiger partial charge is 0.171 e. The van der Waals surface area contributed by atoms with E-state index in [2.05, 4.69) is 163 Å². The van der Waals surface area contributed by atoms with Crippen LogP contribution in [-0.2, 0) is 6.54 Å². The van der Waals surface area contributed by atoms with Crippen LogP contribution in [0.15, 0.2) is 170 Å². The van der Waals surface area contributed by atoms with E-state index in [4.69, 9.17) is 5.11 Å². The summed E-state index contributed by atoms with van der Waals surface area (Å²) < 4.78 is 1.96. The number of benzene rings is 5. The van der Waals surface area contributed by atoms with Crippen LogP contribution in [0.2, 0.25) is 0 Å². The molecule has 0 atom stereocenters. The molecule has 0 aliphatic heterocycles. The highest BCUT2D eigenvalue weighted by molar-refractivity contribution is 7.19. The average molecular weight is 589 g/mol. The number of nitrogens with zero attached hydrogens (tertiary/aromatic N) is 2. The summed E-state index contributed by atoms with van der Waals surface area (Å²) in [5.74, 6) is 0. The molecule has 0 amide bonds. The molecule has 0 aliphatic rings. The lowest BCUT2D eigenvalue weighted by Gasteiger charge is -2.44. The molecule has 3 nitrogen and oxygen atoms in total. The molecule has 0 saturated carbocycles. The van der Waals surface area contributed by atoms with Crippen molar-refractivity contribution in [3.05, 3.63) is 181 Å². The SMILES string of the molecule is CN(C)c1ccc(/C=C/c2cc[n+](CCO)cc2)cc1.c1ccc([B-](c2ccccc2)(c2ccccc2)c2ccccc2)cc1. The molecule has 0 radical (unpaired) electrons. The van der Waals surface area contributed by atoms with E-state index in [0.29, 0.717) is 6.54 Å². The van der Waals surface area contributed by atoms with Crippen molar-refractivity contribution in [3.8, 4) is 0 Å². The van der Waals surface area contributed by atoms with Crippen LogP contribution in [0.3, 0.4) is 0 Å². The number of aliphatic hydroxyl groups excluding tert-OH is 1.